The van der Waals surface area contributed by atoms with Gasteiger partial charge in [-0.2, -0.15) is 0 Å². The molecule has 0 radical (unpaired) electrons. The molecule has 18 heteroatoms. The van der Waals surface area contributed by atoms with Crippen molar-refractivity contribution in [3.05, 3.63) is 0 Å². The van der Waals surface area contributed by atoms with E-state index < -0.39 is 5.97 Å². The predicted octanol–water partition coefficient (Wildman–Crippen LogP) is 3.24. The van der Waals surface area contributed by atoms with Gasteiger partial charge in [-0.25, -0.2) is 0 Å². The van der Waals surface area contributed by atoms with Crippen molar-refractivity contribution < 1.29 is 81.1 Å². The van der Waals surface area contributed by atoms with E-state index in [1.54, 1.807) is 0 Å². The van der Waals surface area contributed by atoms with Gasteiger partial charge in [0.1, 0.15) is 6.61 Å². The van der Waals surface area contributed by atoms with Gasteiger partial charge < -0.3 is 72.0 Å². The molecule has 0 aliphatic heterocycles. The minimum atomic E-state index is -0.985. The van der Waals surface area contributed by atoms with Gasteiger partial charge in [0, 0.05) is 26.0 Å². The molecule has 350 valence electrons. The monoisotopic (exact) mass is 858 g/mol. The number of carboxylic acids is 1. The molecule has 18 nitrogen and oxygen atoms in total. The van der Waals surface area contributed by atoms with Gasteiger partial charge in [-0.1, -0.05) is 45.4 Å². The maximum Gasteiger partial charge on any atom is 0.305 e. The van der Waals surface area contributed by atoms with Crippen molar-refractivity contribution in [3.8, 4) is 0 Å². The van der Waals surface area contributed by atoms with Crippen LogP contribution in [0.1, 0.15) is 77.6 Å². The van der Waals surface area contributed by atoms with E-state index in [0.29, 0.717) is 178 Å². The minimum Gasteiger partial charge on any atom is -0.481 e. The van der Waals surface area contributed by atoms with Gasteiger partial charge in [-0.05, 0) is 12.8 Å². The van der Waals surface area contributed by atoms with E-state index >= 15 is 0 Å². The highest BCUT2D eigenvalue weighted by molar-refractivity contribution is 5.80. The standard InChI is InChI=1S/C41H79NO17/c1-2-3-4-5-6-7-8-10-41(46)59-38-37-58-36-35-57-34-33-56-32-31-55-30-29-54-28-27-53-26-25-52-24-23-51-22-21-50-20-19-49-18-17-48-16-15-47-14-9-13-42-39(43)11-12-40(44)45/h2-38H2,1H3,(H,42,43)(H,44,45). The molecule has 0 aromatic heterocycles. The van der Waals surface area contributed by atoms with Gasteiger partial charge in [-0.15, -0.1) is 0 Å². The molecule has 0 unspecified atom stereocenters. The summed E-state index contributed by atoms with van der Waals surface area (Å²) in [5.41, 5.74) is 0. The van der Waals surface area contributed by atoms with Crippen molar-refractivity contribution >= 4 is 17.8 Å². The lowest BCUT2D eigenvalue weighted by atomic mass is 10.1. The van der Waals surface area contributed by atoms with E-state index in [1.165, 1.54) is 32.1 Å². The van der Waals surface area contributed by atoms with Crippen molar-refractivity contribution in [3.63, 3.8) is 0 Å². The van der Waals surface area contributed by atoms with Gasteiger partial charge in [-0.3, -0.25) is 14.4 Å². The highest BCUT2D eigenvalue weighted by atomic mass is 16.6. The van der Waals surface area contributed by atoms with Crippen LogP contribution in [0.5, 0.6) is 0 Å². The number of nitrogens with one attached hydrogen (secondary N) is 1. The summed E-state index contributed by atoms with van der Waals surface area (Å²) in [6.07, 6.45) is 9.21. The van der Waals surface area contributed by atoms with E-state index in [1.807, 2.05) is 0 Å². The molecule has 0 saturated carbocycles. The Labute approximate surface area is 353 Å². The van der Waals surface area contributed by atoms with Crippen LogP contribution in [0.3, 0.4) is 0 Å². The average Bonchev–Trinajstić information content (AvgIpc) is 3.23. The van der Waals surface area contributed by atoms with Crippen molar-refractivity contribution in [1.82, 2.24) is 5.32 Å². The van der Waals surface area contributed by atoms with Gasteiger partial charge in [0.2, 0.25) is 5.91 Å². The van der Waals surface area contributed by atoms with Gasteiger partial charge >= 0.3 is 11.9 Å². The Morgan fingerprint density at radius 3 is 1.00 bits per heavy atom. The smallest absolute Gasteiger partial charge is 0.305 e. The Bertz CT molecular complexity index is 889. The predicted molar refractivity (Wildman–Crippen MR) is 218 cm³/mol. The quantitative estimate of drug-likeness (QED) is 0.0666. The summed E-state index contributed by atoms with van der Waals surface area (Å²) in [4.78, 5) is 33.5. The number of hydrogen-bond donors (Lipinski definition) is 2. The second-order valence-corrected chi connectivity index (χ2v) is 13.0. The number of carboxylic acid groups (broad SMARTS) is 1. The summed E-state index contributed by atoms with van der Waals surface area (Å²) >= 11 is 0. The number of hydrogen-bond acceptors (Lipinski definition) is 16. The molecule has 0 aromatic rings. The number of amides is 1. The molecule has 0 heterocycles. The molecule has 0 rings (SSSR count). The van der Waals surface area contributed by atoms with Crippen LogP contribution in [0.15, 0.2) is 0 Å². The second-order valence-electron chi connectivity index (χ2n) is 13.0. The third-order valence-electron chi connectivity index (χ3n) is 7.92. The van der Waals surface area contributed by atoms with Crippen LogP contribution in [0.2, 0.25) is 0 Å². The zero-order chi connectivity index (χ0) is 42.8. The lowest BCUT2D eigenvalue weighted by Gasteiger charge is -2.09. The Hall–Kier alpha value is -2.07. The summed E-state index contributed by atoms with van der Waals surface area (Å²) in [5.74, 6) is -1.40. The largest absolute Gasteiger partial charge is 0.481 e. The highest BCUT2D eigenvalue weighted by Gasteiger charge is 2.05. The van der Waals surface area contributed by atoms with Gasteiger partial charge in [0.15, 0.2) is 0 Å². The average molecular weight is 858 g/mol. The maximum absolute atomic E-state index is 11.7. The maximum atomic E-state index is 11.7. The first-order valence-electron chi connectivity index (χ1n) is 21.6. The van der Waals surface area contributed by atoms with Crippen molar-refractivity contribution in [2.45, 2.75) is 77.6 Å². The number of esters is 1. The summed E-state index contributed by atoms with van der Waals surface area (Å²) in [6, 6.07) is 0. The Morgan fingerprint density at radius 2 is 0.661 bits per heavy atom. The van der Waals surface area contributed by atoms with E-state index in [2.05, 4.69) is 12.2 Å². The van der Waals surface area contributed by atoms with Gasteiger partial charge in [0.25, 0.3) is 0 Å². The molecule has 0 aromatic carbocycles. The van der Waals surface area contributed by atoms with Crippen molar-refractivity contribution in [1.29, 1.82) is 0 Å². The first-order valence-corrected chi connectivity index (χ1v) is 21.6. The number of carbonyl (C=O) groups excluding carboxylic acids is 2. The lowest BCUT2D eigenvalue weighted by molar-refractivity contribution is -0.145. The van der Waals surface area contributed by atoms with E-state index in [-0.39, 0.29) is 31.3 Å². The van der Waals surface area contributed by atoms with E-state index in [0.717, 1.165) is 12.8 Å². The fourth-order valence-electron chi connectivity index (χ4n) is 4.75. The van der Waals surface area contributed by atoms with Crippen LogP contribution in [0, 0.1) is 0 Å². The third kappa shape index (κ3) is 52.0. The summed E-state index contributed by atoms with van der Waals surface area (Å²) in [6.45, 7) is 14.2. The van der Waals surface area contributed by atoms with E-state index in [9.17, 15) is 14.4 Å². The van der Waals surface area contributed by atoms with Crippen LogP contribution in [0.4, 0.5) is 0 Å². The summed E-state index contributed by atoms with van der Waals surface area (Å²) in [7, 11) is 0. The fourth-order valence-corrected chi connectivity index (χ4v) is 4.75. The fraction of sp³-hybridized carbons (Fsp3) is 0.927. The summed E-state index contributed by atoms with van der Waals surface area (Å²) in [5, 5.41) is 11.2. The first-order chi connectivity index (χ1) is 29.1. The number of rotatable bonds is 51. The number of aliphatic carboxylic acids is 1. The molecule has 59 heavy (non-hydrogen) atoms. The molecule has 0 fully saturated rings. The minimum absolute atomic E-state index is 0.0139. The van der Waals surface area contributed by atoms with Crippen molar-refractivity contribution in [2.24, 2.45) is 0 Å². The molecular formula is C41H79NO17. The number of unbranched alkanes of at least 4 members (excludes halogenated alkanes) is 6. The third-order valence-corrected chi connectivity index (χ3v) is 7.92. The van der Waals surface area contributed by atoms with E-state index in [4.69, 9.17) is 66.7 Å². The molecule has 0 spiro atoms. The topological polar surface area (TPSA) is 203 Å². The Kier molecular flexibility index (Phi) is 48.5. The number of carbonyl (C=O) groups is 3. The molecule has 0 aliphatic carbocycles. The highest BCUT2D eigenvalue weighted by Crippen LogP contribution is 2.08. The van der Waals surface area contributed by atoms with Crippen LogP contribution >= 0.6 is 0 Å². The Morgan fingerprint density at radius 1 is 0.356 bits per heavy atom. The molecule has 0 bridgehead atoms. The zero-order valence-electron chi connectivity index (χ0n) is 36.1. The first kappa shape index (κ1) is 56.9. The van der Waals surface area contributed by atoms with Crippen LogP contribution in [-0.4, -0.2) is 195 Å². The molecule has 0 saturated heterocycles. The molecule has 0 atom stereocenters. The van der Waals surface area contributed by atoms with Crippen molar-refractivity contribution in [2.75, 3.05) is 172 Å². The summed E-state index contributed by atoms with van der Waals surface area (Å²) < 4.78 is 70.8. The SMILES string of the molecule is CCCCCCCCCC(=O)OCCOCCOCCOCCOCCOCCOCCOCCOCCOCCOCCOCCOCCCNC(=O)CCC(=O)O. The van der Waals surface area contributed by atoms with Crippen LogP contribution in [-0.2, 0) is 76.0 Å². The second kappa shape index (κ2) is 50.3. The molecular weight excluding hydrogens is 778 g/mol. The molecule has 0 aliphatic rings. The molecule has 2 N–H and O–H groups in total. The number of ether oxygens (including phenoxy) is 13. The normalized spacial score (nSPS) is 11.3. The molecule has 1 amide bonds. The van der Waals surface area contributed by atoms with Crippen LogP contribution in [0.25, 0.3) is 0 Å². The lowest BCUT2D eigenvalue weighted by Crippen LogP contribution is -2.25. The zero-order valence-corrected chi connectivity index (χ0v) is 36.1. The Balaban J connectivity index is 3.12. The van der Waals surface area contributed by atoms with Gasteiger partial charge in [0.05, 0.1) is 158 Å². The van der Waals surface area contributed by atoms with Crippen LogP contribution < -0.4 is 5.32 Å².